The Balaban J connectivity index is 1.07. The number of nitrogens with one attached hydrogen (secondary N) is 2. The fourth-order valence-corrected chi connectivity index (χ4v) is 10.2. The number of fused-ring (bicyclic) bond motifs is 1. The zero-order valence-corrected chi connectivity index (χ0v) is 38.0. The molecular weight excluding hydrogens is 785 g/mol. The summed E-state index contributed by atoms with van der Waals surface area (Å²) >= 11 is 0. The second-order valence-electron chi connectivity index (χ2n) is 18.9. The largest absolute Gasteiger partial charge is 0.455 e. The lowest BCUT2D eigenvalue weighted by Gasteiger charge is -2.41. The maximum Gasteiger partial charge on any atom is 0.268 e. The van der Waals surface area contributed by atoms with Gasteiger partial charge < -0.3 is 30.2 Å². The molecule has 0 bridgehead atoms. The first-order valence-corrected chi connectivity index (χ1v) is 23.5. The van der Waals surface area contributed by atoms with Crippen LogP contribution >= 0.6 is 0 Å². The van der Waals surface area contributed by atoms with Crippen LogP contribution in [0.1, 0.15) is 89.4 Å². The number of nitrogens with zero attached hydrogens (tertiary/aromatic N) is 5. The number of aromatic nitrogens is 2. The number of hydrogen-bond donors (Lipinski definition) is 3. The third kappa shape index (κ3) is 10.6. The minimum atomic E-state index is -4.30. The van der Waals surface area contributed by atoms with E-state index >= 15 is 0 Å². The summed E-state index contributed by atoms with van der Waals surface area (Å²) in [4.78, 5) is 30.7. The van der Waals surface area contributed by atoms with E-state index in [4.69, 9.17) is 10.5 Å². The normalized spacial score (nSPS) is 18.6. The first kappa shape index (κ1) is 44.2. The van der Waals surface area contributed by atoms with Gasteiger partial charge in [-0.2, -0.15) is 0 Å². The van der Waals surface area contributed by atoms with Crippen molar-refractivity contribution in [2.45, 2.75) is 84.0 Å². The second kappa shape index (κ2) is 18.2. The highest BCUT2D eigenvalue weighted by atomic mass is 32.2. The maximum absolute atomic E-state index is 14.0. The number of rotatable bonds is 15. The Kier molecular flexibility index (Phi) is 13.2. The smallest absolute Gasteiger partial charge is 0.268 e. The third-order valence-electron chi connectivity index (χ3n) is 13.2. The average Bonchev–Trinajstić information content (AvgIpc) is 3.70. The predicted molar refractivity (Wildman–Crippen MR) is 248 cm³/mol. The standard InChI is InChI=1S/C48H66N8O4S/c1-8-9-10-34(2)41-30-47(3,4)17-15-36(41)32-55-23-25-56(26-24-55)37-11-13-40(44(28-37)60-38-27-35-16-20-50-45(35)51-31-38)46(57)52-61(58,59)39-12-14-43(42(49)29-39)54(7)33-48(5)18-21-53(6)22-19-48/h11-14,16,20,27-29,31H,2,8-10,15,17-19,21-26,30,32-33,49H2,1,3-7H3,(H,50,51)(H,52,57). The number of nitrogens with two attached hydrogens (primary N) is 1. The number of aromatic amines is 1. The number of likely N-dealkylation sites (tertiary alicyclic amines) is 1. The highest BCUT2D eigenvalue weighted by Crippen LogP contribution is 2.43. The highest BCUT2D eigenvalue weighted by molar-refractivity contribution is 7.90. The summed E-state index contributed by atoms with van der Waals surface area (Å²) in [6, 6.07) is 13.7. The van der Waals surface area contributed by atoms with Crippen molar-refractivity contribution < 1.29 is 17.9 Å². The molecule has 328 valence electrons. The number of H-pyrrole nitrogens is 1. The van der Waals surface area contributed by atoms with E-state index in [2.05, 4.69) is 75.6 Å². The predicted octanol–water partition coefficient (Wildman–Crippen LogP) is 8.60. The molecule has 1 amide bonds. The lowest BCUT2D eigenvalue weighted by Crippen LogP contribution is -2.47. The van der Waals surface area contributed by atoms with Crippen molar-refractivity contribution in [2.75, 3.05) is 82.0 Å². The summed E-state index contributed by atoms with van der Waals surface area (Å²) in [5.41, 5.74) is 14.0. The summed E-state index contributed by atoms with van der Waals surface area (Å²) in [6.07, 6.45) is 12.3. The van der Waals surface area contributed by atoms with Crippen molar-refractivity contribution >= 4 is 44.0 Å². The molecule has 2 aromatic carbocycles. The third-order valence-corrected chi connectivity index (χ3v) is 14.5. The van der Waals surface area contributed by atoms with Crippen LogP contribution in [0.4, 0.5) is 17.1 Å². The number of pyridine rings is 1. The summed E-state index contributed by atoms with van der Waals surface area (Å²) in [5, 5.41) is 0.847. The Morgan fingerprint density at radius 1 is 1.02 bits per heavy atom. The molecule has 7 rings (SSSR count). The Hall–Kier alpha value is -4.85. The molecular formula is C48H66N8O4S. The Morgan fingerprint density at radius 2 is 1.77 bits per heavy atom. The molecule has 0 spiro atoms. The van der Waals surface area contributed by atoms with E-state index < -0.39 is 15.9 Å². The Bertz CT molecular complexity index is 2370. The van der Waals surface area contributed by atoms with E-state index in [0.717, 1.165) is 101 Å². The summed E-state index contributed by atoms with van der Waals surface area (Å²) in [6.45, 7) is 21.0. The fourth-order valence-electron chi connectivity index (χ4n) is 9.20. The van der Waals surface area contributed by atoms with E-state index in [0.29, 0.717) is 22.5 Å². The molecule has 61 heavy (non-hydrogen) atoms. The second-order valence-corrected chi connectivity index (χ2v) is 20.6. The number of nitrogen functional groups attached to an aromatic ring is 1. The van der Waals surface area contributed by atoms with Gasteiger partial charge in [-0.3, -0.25) is 9.69 Å². The number of sulfonamides is 1. The number of benzene rings is 2. The van der Waals surface area contributed by atoms with Gasteiger partial charge in [-0.05, 0) is 124 Å². The van der Waals surface area contributed by atoms with Crippen molar-refractivity contribution in [3.63, 3.8) is 0 Å². The van der Waals surface area contributed by atoms with Crippen molar-refractivity contribution in [1.82, 2.24) is 24.5 Å². The SMILES string of the molecule is C=C(CCCC)C1=C(CN2CCN(c3ccc(C(=O)NS(=O)(=O)c4ccc(N(C)CC5(C)CCN(C)CC5)c(N)c4)c(Oc4cnc5[nH]ccc5c4)c3)CC2)CCC(C)(C)C1. The number of carbonyl (C=O) groups excluding carboxylic acids is 1. The topological polar surface area (TPSA) is 140 Å². The molecule has 0 unspecified atom stereocenters. The van der Waals surface area contributed by atoms with Crippen LogP contribution < -0.4 is 25.0 Å². The number of anilines is 3. The molecule has 2 fully saturated rings. The van der Waals surface area contributed by atoms with Crippen molar-refractivity contribution in [2.24, 2.45) is 10.8 Å². The summed E-state index contributed by atoms with van der Waals surface area (Å²) < 4.78 is 36.2. The molecule has 0 atom stereocenters. The van der Waals surface area contributed by atoms with Crippen LogP contribution in [0.25, 0.3) is 11.0 Å². The van der Waals surface area contributed by atoms with Crippen LogP contribution in [0.2, 0.25) is 0 Å². The number of amides is 1. The van der Waals surface area contributed by atoms with Gasteiger partial charge in [0.05, 0.1) is 28.0 Å². The van der Waals surface area contributed by atoms with E-state index in [-0.39, 0.29) is 21.6 Å². The van der Waals surface area contributed by atoms with Gasteiger partial charge in [0.2, 0.25) is 0 Å². The van der Waals surface area contributed by atoms with Crippen LogP contribution in [0.5, 0.6) is 11.5 Å². The molecule has 4 aromatic rings. The highest BCUT2D eigenvalue weighted by Gasteiger charge is 2.32. The van der Waals surface area contributed by atoms with Crippen molar-refractivity contribution in [3.8, 4) is 11.5 Å². The molecule has 2 aliphatic heterocycles. The molecule has 13 heteroatoms. The van der Waals surface area contributed by atoms with E-state index in [1.165, 1.54) is 42.5 Å². The van der Waals surface area contributed by atoms with Gasteiger partial charge in [0.1, 0.15) is 17.1 Å². The van der Waals surface area contributed by atoms with Crippen LogP contribution in [0.15, 0.2) is 89.1 Å². The zero-order chi connectivity index (χ0) is 43.5. The molecule has 12 nitrogen and oxygen atoms in total. The minimum absolute atomic E-state index is 0.0822. The van der Waals surface area contributed by atoms with Gasteiger partial charge >= 0.3 is 0 Å². The molecule has 2 saturated heterocycles. The van der Waals surface area contributed by atoms with Gasteiger partial charge in [0.15, 0.2) is 0 Å². The number of piperidine rings is 1. The van der Waals surface area contributed by atoms with E-state index in [9.17, 15) is 13.2 Å². The zero-order valence-electron chi connectivity index (χ0n) is 37.1. The molecule has 2 aromatic heterocycles. The van der Waals surface area contributed by atoms with Gasteiger partial charge in [-0.25, -0.2) is 18.1 Å². The van der Waals surface area contributed by atoms with Gasteiger partial charge in [0, 0.05) is 69.7 Å². The molecule has 4 N–H and O–H groups in total. The van der Waals surface area contributed by atoms with Gasteiger partial charge in [-0.15, -0.1) is 0 Å². The number of piperazine rings is 1. The number of allylic oxidation sites excluding steroid dienone is 2. The molecule has 0 radical (unpaired) electrons. The Morgan fingerprint density at radius 3 is 2.49 bits per heavy atom. The van der Waals surface area contributed by atoms with Crippen LogP contribution in [0.3, 0.4) is 0 Å². The van der Waals surface area contributed by atoms with Gasteiger partial charge in [0.25, 0.3) is 15.9 Å². The molecule has 0 saturated carbocycles. The molecule has 3 aliphatic rings. The number of unbranched alkanes of at least 4 members (excludes halogenated alkanes) is 1. The molecule has 1 aliphatic carbocycles. The van der Waals surface area contributed by atoms with Crippen LogP contribution in [-0.4, -0.2) is 101 Å². The first-order valence-electron chi connectivity index (χ1n) is 22.0. The quantitative estimate of drug-likeness (QED) is 0.0997. The number of carbonyl (C=O) groups is 1. The summed E-state index contributed by atoms with van der Waals surface area (Å²) in [5.74, 6) is -0.154. The maximum atomic E-state index is 14.0. The average molecular weight is 851 g/mol. The first-order chi connectivity index (χ1) is 29.0. The van der Waals surface area contributed by atoms with E-state index in [1.54, 1.807) is 30.1 Å². The number of ether oxygens (including phenoxy) is 1. The minimum Gasteiger partial charge on any atom is -0.455 e. The Labute approximate surface area is 363 Å². The van der Waals surface area contributed by atoms with Crippen molar-refractivity contribution in [3.05, 3.63) is 89.8 Å². The lowest BCUT2D eigenvalue weighted by atomic mass is 9.72. The van der Waals surface area contributed by atoms with Crippen LogP contribution in [-0.2, 0) is 10.0 Å². The van der Waals surface area contributed by atoms with Crippen molar-refractivity contribution in [1.29, 1.82) is 0 Å². The van der Waals surface area contributed by atoms with Crippen LogP contribution in [0, 0.1) is 10.8 Å². The lowest BCUT2D eigenvalue weighted by molar-refractivity contribution is 0.0979. The monoisotopic (exact) mass is 850 g/mol. The fraction of sp³-hybridized carbons (Fsp3) is 0.500. The molecule has 4 heterocycles. The van der Waals surface area contributed by atoms with E-state index in [1.807, 2.05) is 31.3 Å². The summed E-state index contributed by atoms with van der Waals surface area (Å²) in [7, 11) is -0.172. The number of hydrogen-bond acceptors (Lipinski definition) is 10. The van der Waals surface area contributed by atoms with Gasteiger partial charge in [-0.1, -0.05) is 51.8 Å².